The summed E-state index contributed by atoms with van der Waals surface area (Å²) in [7, 11) is 0. The van der Waals surface area contributed by atoms with Gasteiger partial charge >= 0.3 is 0 Å². The summed E-state index contributed by atoms with van der Waals surface area (Å²) in [4.78, 5) is 2.63. The van der Waals surface area contributed by atoms with E-state index >= 15 is 0 Å². The molecule has 0 aromatic rings. The second-order valence-electron chi connectivity index (χ2n) is 7.00. The summed E-state index contributed by atoms with van der Waals surface area (Å²) >= 11 is 0. The van der Waals surface area contributed by atoms with E-state index in [-0.39, 0.29) is 0 Å². The summed E-state index contributed by atoms with van der Waals surface area (Å²) in [6, 6.07) is 0.670. The van der Waals surface area contributed by atoms with Crippen molar-refractivity contribution in [2.45, 2.75) is 59.9 Å². The summed E-state index contributed by atoms with van der Waals surface area (Å²) in [6.45, 7) is 17.8. The van der Waals surface area contributed by atoms with Gasteiger partial charge in [0.1, 0.15) is 0 Å². The van der Waals surface area contributed by atoms with Gasteiger partial charge in [-0.1, -0.05) is 27.7 Å². The Bertz CT molecular complexity index is 249. The first kappa shape index (κ1) is 17.9. The zero-order valence-corrected chi connectivity index (χ0v) is 14.4. The fourth-order valence-electron chi connectivity index (χ4n) is 3.12. The number of hydrogen-bond donors (Lipinski definition) is 1. The molecule has 3 nitrogen and oxygen atoms in total. The van der Waals surface area contributed by atoms with Gasteiger partial charge in [0, 0.05) is 31.2 Å². The number of rotatable bonds is 9. The van der Waals surface area contributed by atoms with E-state index in [0.29, 0.717) is 17.4 Å². The van der Waals surface area contributed by atoms with E-state index in [4.69, 9.17) is 4.74 Å². The van der Waals surface area contributed by atoms with Gasteiger partial charge in [0.25, 0.3) is 0 Å². The molecule has 20 heavy (non-hydrogen) atoms. The van der Waals surface area contributed by atoms with Crippen LogP contribution in [0.4, 0.5) is 0 Å². The highest BCUT2D eigenvalue weighted by Crippen LogP contribution is 2.30. The predicted molar refractivity (Wildman–Crippen MR) is 87.2 cm³/mol. The molecule has 2 unspecified atom stereocenters. The fraction of sp³-hybridized carbons (Fsp3) is 1.00. The van der Waals surface area contributed by atoms with Crippen LogP contribution in [0.3, 0.4) is 0 Å². The van der Waals surface area contributed by atoms with Gasteiger partial charge in [-0.15, -0.1) is 0 Å². The van der Waals surface area contributed by atoms with Crippen molar-refractivity contribution < 1.29 is 4.74 Å². The van der Waals surface area contributed by atoms with Gasteiger partial charge in [-0.2, -0.15) is 0 Å². The van der Waals surface area contributed by atoms with Gasteiger partial charge in [-0.3, -0.25) is 0 Å². The van der Waals surface area contributed by atoms with Crippen LogP contribution in [-0.2, 0) is 4.74 Å². The standard InChI is InChI=1S/C17H36N2O/c1-6-16(5)19(7-2)13-17(9-8-10-20-14-17)12-18-11-15(3)4/h15-16,18H,6-14H2,1-5H3. The van der Waals surface area contributed by atoms with Crippen LogP contribution < -0.4 is 5.32 Å². The average molecular weight is 284 g/mol. The summed E-state index contributed by atoms with van der Waals surface area (Å²) in [5.41, 5.74) is 0.312. The molecule has 0 spiro atoms. The van der Waals surface area contributed by atoms with E-state index in [1.54, 1.807) is 0 Å². The van der Waals surface area contributed by atoms with E-state index in [9.17, 15) is 0 Å². The van der Waals surface area contributed by atoms with Crippen molar-refractivity contribution in [3.63, 3.8) is 0 Å². The molecule has 1 N–H and O–H groups in total. The molecule has 1 fully saturated rings. The lowest BCUT2D eigenvalue weighted by atomic mass is 9.81. The summed E-state index contributed by atoms with van der Waals surface area (Å²) in [5, 5.41) is 3.68. The second-order valence-corrected chi connectivity index (χ2v) is 7.00. The Kier molecular flexibility index (Phi) is 8.08. The normalized spacial score (nSPS) is 25.4. The molecule has 1 aliphatic rings. The number of hydrogen-bond acceptors (Lipinski definition) is 3. The van der Waals surface area contributed by atoms with Crippen LogP contribution in [-0.4, -0.2) is 50.3 Å². The third-order valence-electron chi connectivity index (χ3n) is 4.62. The van der Waals surface area contributed by atoms with Crippen LogP contribution in [0.1, 0.15) is 53.9 Å². The number of nitrogens with one attached hydrogen (secondary N) is 1. The Morgan fingerprint density at radius 3 is 2.50 bits per heavy atom. The quantitative estimate of drug-likeness (QED) is 0.704. The first-order valence-electron chi connectivity index (χ1n) is 8.55. The first-order valence-corrected chi connectivity index (χ1v) is 8.55. The van der Waals surface area contributed by atoms with Gasteiger partial charge < -0.3 is 15.0 Å². The molecule has 1 heterocycles. The molecule has 0 bridgehead atoms. The summed E-state index contributed by atoms with van der Waals surface area (Å²) in [5.74, 6) is 0.716. The minimum Gasteiger partial charge on any atom is -0.381 e. The molecule has 1 aliphatic heterocycles. The van der Waals surface area contributed by atoms with E-state index in [1.807, 2.05) is 0 Å². The van der Waals surface area contributed by atoms with Crippen LogP contribution in [0.25, 0.3) is 0 Å². The van der Waals surface area contributed by atoms with E-state index in [2.05, 4.69) is 44.8 Å². The second kappa shape index (κ2) is 9.01. The lowest BCUT2D eigenvalue weighted by Crippen LogP contribution is -2.51. The van der Waals surface area contributed by atoms with Crippen molar-refractivity contribution >= 4 is 0 Å². The molecule has 0 aromatic carbocycles. The Morgan fingerprint density at radius 2 is 2.00 bits per heavy atom. The molecule has 0 aromatic heterocycles. The highest BCUT2D eigenvalue weighted by atomic mass is 16.5. The molecule has 0 amide bonds. The van der Waals surface area contributed by atoms with Gasteiger partial charge in [-0.05, 0) is 45.2 Å². The van der Waals surface area contributed by atoms with Crippen molar-refractivity contribution in [3.8, 4) is 0 Å². The van der Waals surface area contributed by atoms with Crippen LogP contribution in [0.2, 0.25) is 0 Å². The number of ether oxygens (including phenoxy) is 1. The van der Waals surface area contributed by atoms with Gasteiger partial charge in [0.05, 0.1) is 6.61 Å². The van der Waals surface area contributed by atoms with Crippen LogP contribution in [0.5, 0.6) is 0 Å². The highest BCUT2D eigenvalue weighted by molar-refractivity contribution is 4.88. The SMILES string of the molecule is CCC(C)N(CC)CC1(CNCC(C)C)CCCOC1. The van der Waals surface area contributed by atoms with Crippen LogP contribution in [0.15, 0.2) is 0 Å². The molecule has 3 heteroatoms. The van der Waals surface area contributed by atoms with Crippen LogP contribution >= 0.6 is 0 Å². The molecular weight excluding hydrogens is 248 g/mol. The maximum absolute atomic E-state index is 5.84. The maximum atomic E-state index is 5.84. The van der Waals surface area contributed by atoms with Gasteiger partial charge in [0.15, 0.2) is 0 Å². The third-order valence-corrected chi connectivity index (χ3v) is 4.62. The summed E-state index contributed by atoms with van der Waals surface area (Å²) in [6.07, 6.45) is 3.73. The molecule has 0 aliphatic carbocycles. The Balaban J connectivity index is 2.61. The largest absolute Gasteiger partial charge is 0.381 e. The molecule has 1 saturated heterocycles. The topological polar surface area (TPSA) is 24.5 Å². The van der Waals surface area contributed by atoms with E-state index in [1.165, 1.54) is 25.8 Å². The van der Waals surface area contributed by atoms with E-state index in [0.717, 1.165) is 32.8 Å². The molecular formula is C17H36N2O. The first-order chi connectivity index (χ1) is 9.53. The van der Waals surface area contributed by atoms with Gasteiger partial charge in [0.2, 0.25) is 0 Å². The number of nitrogens with zero attached hydrogens (tertiary/aromatic N) is 1. The molecule has 120 valence electrons. The summed E-state index contributed by atoms with van der Waals surface area (Å²) < 4.78 is 5.84. The molecule has 0 radical (unpaired) electrons. The smallest absolute Gasteiger partial charge is 0.0546 e. The Hall–Kier alpha value is -0.120. The Labute approximate surface area is 126 Å². The zero-order valence-electron chi connectivity index (χ0n) is 14.4. The lowest BCUT2D eigenvalue weighted by molar-refractivity contribution is -0.0314. The van der Waals surface area contributed by atoms with Gasteiger partial charge in [-0.25, -0.2) is 0 Å². The van der Waals surface area contributed by atoms with Crippen molar-refractivity contribution in [2.75, 3.05) is 39.4 Å². The van der Waals surface area contributed by atoms with Crippen molar-refractivity contribution in [1.82, 2.24) is 10.2 Å². The third kappa shape index (κ3) is 5.71. The van der Waals surface area contributed by atoms with Crippen molar-refractivity contribution in [1.29, 1.82) is 0 Å². The predicted octanol–water partition coefficient (Wildman–Crippen LogP) is 3.15. The fourth-order valence-corrected chi connectivity index (χ4v) is 3.12. The van der Waals surface area contributed by atoms with Crippen LogP contribution in [0, 0.1) is 11.3 Å². The van der Waals surface area contributed by atoms with E-state index < -0.39 is 0 Å². The molecule has 2 atom stereocenters. The monoisotopic (exact) mass is 284 g/mol. The molecule has 0 saturated carbocycles. The lowest BCUT2D eigenvalue weighted by Gasteiger charge is -2.42. The Morgan fingerprint density at radius 1 is 1.25 bits per heavy atom. The van der Waals surface area contributed by atoms with Crippen molar-refractivity contribution in [2.24, 2.45) is 11.3 Å². The minimum absolute atomic E-state index is 0.312. The van der Waals surface area contributed by atoms with Crippen molar-refractivity contribution in [3.05, 3.63) is 0 Å². The minimum atomic E-state index is 0.312. The average Bonchev–Trinajstić information content (AvgIpc) is 2.44. The zero-order chi connectivity index (χ0) is 15.0. The maximum Gasteiger partial charge on any atom is 0.0546 e. The molecule has 1 rings (SSSR count). The highest BCUT2D eigenvalue weighted by Gasteiger charge is 2.35.